The van der Waals surface area contributed by atoms with Crippen LogP contribution in [0, 0.1) is 11.8 Å². The lowest BCUT2D eigenvalue weighted by molar-refractivity contribution is 0.190. The van der Waals surface area contributed by atoms with Gasteiger partial charge in [0.25, 0.3) is 0 Å². The minimum absolute atomic E-state index is 0.320. The Hall–Kier alpha value is -1.06. The van der Waals surface area contributed by atoms with Gasteiger partial charge in [-0.3, -0.25) is 0 Å². The summed E-state index contributed by atoms with van der Waals surface area (Å²) in [4.78, 5) is 0. The Kier molecular flexibility index (Phi) is 5.23. The molecule has 3 heteroatoms. The molecule has 2 rings (SSSR count). The smallest absolute Gasteiger partial charge is 0.115 e. The van der Waals surface area contributed by atoms with Crippen LogP contribution in [0.1, 0.15) is 31.7 Å². The van der Waals surface area contributed by atoms with E-state index in [1.54, 1.807) is 12.1 Å². The van der Waals surface area contributed by atoms with Gasteiger partial charge in [-0.15, -0.1) is 0 Å². The van der Waals surface area contributed by atoms with Crippen LogP contribution in [0.4, 0.5) is 0 Å². The maximum absolute atomic E-state index is 9.31. The van der Waals surface area contributed by atoms with Gasteiger partial charge in [0.1, 0.15) is 5.75 Å². The topological polar surface area (TPSA) is 52.5 Å². The first-order valence-corrected chi connectivity index (χ1v) is 7.31. The van der Waals surface area contributed by atoms with E-state index in [0.29, 0.717) is 30.2 Å². The Morgan fingerprint density at radius 2 is 1.89 bits per heavy atom. The van der Waals surface area contributed by atoms with Crippen LogP contribution in [-0.4, -0.2) is 29.4 Å². The van der Waals surface area contributed by atoms with Crippen LogP contribution >= 0.6 is 0 Å². The van der Waals surface area contributed by atoms with Crippen LogP contribution in [0.15, 0.2) is 24.3 Å². The van der Waals surface area contributed by atoms with Crippen LogP contribution in [0.25, 0.3) is 0 Å². The van der Waals surface area contributed by atoms with Crippen molar-refractivity contribution in [3.05, 3.63) is 29.8 Å². The Morgan fingerprint density at radius 1 is 1.21 bits per heavy atom. The number of nitrogens with one attached hydrogen (secondary N) is 1. The third-order valence-corrected chi connectivity index (χ3v) is 4.26. The van der Waals surface area contributed by atoms with Crippen LogP contribution in [0.5, 0.6) is 5.75 Å². The molecule has 3 atom stereocenters. The average molecular weight is 263 g/mol. The van der Waals surface area contributed by atoms with Gasteiger partial charge in [-0.05, 0) is 62.3 Å². The highest BCUT2D eigenvalue weighted by atomic mass is 16.3. The Labute approximate surface area is 115 Å². The summed E-state index contributed by atoms with van der Waals surface area (Å²) < 4.78 is 0. The van der Waals surface area contributed by atoms with Crippen molar-refractivity contribution in [3.63, 3.8) is 0 Å². The van der Waals surface area contributed by atoms with E-state index in [2.05, 4.69) is 12.2 Å². The molecular formula is C16H25NO2. The zero-order valence-corrected chi connectivity index (χ0v) is 11.7. The van der Waals surface area contributed by atoms with Crippen molar-refractivity contribution in [2.24, 2.45) is 11.8 Å². The largest absolute Gasteiger partial charge is 0.508 e. The normalized spacial score (nSPS) is 24.5. The van der Waals surface area contributed by atoms with Crippen molar-refractivity contribution in [2.75, 3.05) is 13.2 Å². The number of aromatic hydroxyl groups is 1. The predicted octanol–water partition coefficient (Wildman–Crippen LogP) is 2.32. The van der Waals surface area contributed by atoms with Crippen molar-refractivity contribution in [3.8, 4) is 5.75 Å². The molecule has 0 aliphatic heterocycles. The minimum atomic E-state index is 0.320. The van der Waals surface area contributed by atoms with Crippen molar-refractivity contribution >= 4 is 0 Å². The molecule has 0 heterocycles. The summed E-state index contributed by atoms with van der Waals surface area (Å²) in [6.07, 6.45) is 4.64. The van der Waals surface area contributed by atoms with Crippen molar-refractivity contribution in [1.29, 1.82) is 0 Å². The molecule has 0 bridgehead atoms. The summed E-state index contributed by atoms with van der Waals surface area (Å²) in [5, 5.41) is 22.1. The number of hydrogen-bond acceptors (Lipinski definition) is 3. The van der Waals surface area contributed by atoms with Crippen LogP contribution in [0.3, 0.4) is 0 Å². The third-order valence-electron chi connectivity index (χ3n) is 4.26. The SMILES string of the molecule is CC(Cc1ccc(O)cc1)NCC1CCCC1CO. The van der Waals surface area contributed by atoms with E-state index in [1.165, 1.54) is 24.8 Å². The first kappa shape index (κ1) is 14.4. The highest BCUT2D eigenvalue weighted by Gasteiger charge is 2.26. The molecule has 1 saturated carbocycles. The lowest BCUT2D eigenvalue weighted by Crippen LogP contribution is -2.34. The summed E-state index contributed by atoms with van der Waals surface area (Å²) >= 11 is 0. The van der Waals surface area contributed by atoms with Gasteiger partial charge in [-0.1, -0.05) is 18.6 Å². The Bertz CT molecular complexity index is 377. The van der Waals surface area contributed by atoms with Gasteiger partial charge in [-0.25, -0.2) is 0 Å². The Morgan fingerprint density at radius 3 is 2.58 bits per heavy atom. The fourth-order valence-electron chi connectivity index (χ4n) is 3.03. The summed E-state index contributed by atoms with van der Waals surface area (Å²) in [5.74, 6) is 1.45. The summed E-state index contributed by atoms with van der Waals surface area (Å²) in [7, 11) is 0. The minimum Gasteiger partial charge on any atom is -0.508 e. The van der Waals surface area contributed by atoms with E-state index >= 15 is 0 Å². The van der Waals surface area contributed by atoms with E-state index in [-0.39, 0.29) is 0 Å². The zero-order chi connectivity index (χ0) is 13.7. The Balaban J connectivity index is 1.75. The number of hydrogen-bond donors (Lipinski definition) is 3. The second-order valence-electron chi connectivity index (χ2n) is 5.81. The van der Waals surface area contributed by atoms with Gasteiger partial charge in [0.2, 0.25) is 0 Å². The molecule has 106 valence electrons. The molecule has 0 amide bonds. The molecule has 1 aliphatic carbocycles. The zero-order valence-electron chi connectivity index (χ0n) is 11.7. The molecule has 0 radical (unpaired) electrons. The van der Waals surface area contributed by atoms with E-state index in [0.717, 1.165) is 13.0 Å². The molecule has 3 N–H and O–H groups in total. The quantitative estimate of drug-likeness (QED) is 0.738. The second-order valence-corrected chi connectivity index (χ2v) is 5.81. The second kappa shape index (κ2) is 6.92. The van der Waals surface area contributed by atoms with Gasteiger partial charge in [0.05, 0.1) is 0 Å². The summed E-state index contributed by atoms with van der Waals surface area (Å²) in [6.45, 7) is 3.53. The first-order valence-electron chi connectivity index (χ1n) is 7.31. The van der Waals surface area contributed by atoms with Gasteiger partial charge in [0, 0.05) is 12.6 Å². The molecule has 3 unspecified atom stereocenters. The molecule has 1 aromatic carbocycles. The van der Waals surface area contributed by atoms with E-state index in [4.69, 9.17) is 0 Å². The van der Waals surface area contributed by atoms with Crippen LogP contribution < -0.4 is 5.32 Å². The van der Waals surface area contributed by atoms with E-state index < -0.39 is 0 Å². The number of phenols is 1. The number of phenolic OH excluding ortho intramolecular Hbond substituents is 1. The summed E-state index contributed by atoms with van der Waals surface area (Å²) in [6, 6.07) is 7.84. The fourth-order valence-corrected chi connectivity index (χ4v) is 3.03. The van der Waals surface area contributed by atoms with E-state index in [9.17, 15) is 10.2 Å². The number of aliphatic hydroxyl groups is 1. The number of aliphatic hydroxyl groups excluding tert-OH is 1. The molecule has 0 saturated heterocycles. The maximum atomic E-state index is 9.31. The number of rotatable bonds is 6. The van der Waals surface area contributed by atoms with Gasteiger partial charge < -0.3 is 15.5 Å². The molecule has 0 spiro atoms. The van der Waals surface area contributed by atoms with Gasteiger partial charge >= 0.3 is 0 Å². The molecule has 1 aliphatic rings. The van der Waals surface area contributed by atoms with Gasteiger partial charge in [-0.2, -0.15) is 0 Å². The first-order chi connectivity index (χ1) is 9.19. The highest BCUT2D eigenvalue weighted by molar-refractivity contribution is 5.26. The molecular weight excluding hydrogens is 238 g/mol. The maximum Gasteiger partial charge on any atom is 0.115 e. The van der Waals surface area contributed by atoms with Crippen molar-refractivity contribution < 1.29 is 10.2 Å². The summed E-state index contributed by atoms with van der Waals surface area (Å²) in [5.41, 5.74) is 1.24. The molecule has 0 aromatic heterocycles. The van der Waals surface area contributed by atoms with Gasteiger partial charge in [0.15, 0.2) is 0 Å². The predicted molar refractivity (Wildman–Crippen MR) is 77.2 cm³/mol. The standard InChI is InChI=1S/C16H25NO2/c1-12(9-13-5-7-16(19)8-6-13)17-10-14-3-2-4-15(14)11-18/h5-8,12,14-15,17-19H,2-4,9-11H2,1H3. The molecule has 1 fully saturated rings. The van der Waals surface area contributed by atoms with Crippen molar-refractivity contribution in [1.82, 2.24) is 5.32 Å². The van der Waals surface area contributed by atoms with Crippen LogP contribution in [-0.2, 0) is 6.42 Å². The highest BCUT2D eigenvalue weighted by Crippen LogP contribution is 2.30. The number of benzene rings is 1. The van der Waals surface area contributed by atoms with E-state index in [1.807, 2.05) is 12.1 Å². The third kappa shape index (κ3) is 4.22. The lowest BCUT2D eigenvalue weighted by Gasteiger charge is -2.21. The fraction of sp³-hybridized carbons (Fsp3) is 0.625. The van der Waals surface area contributed by atoms with Crippen LogP contribution in [0.2, 0.25) is 0 Å². The van der Waals surface area contributed by atoms with Crippen molar-refractivity contribution in [2.45, 2.75) is 38.6 Å². The monoisotopic (exact) mass is 263 g/mol. The average Bonchev–Trinajstić information content (AvgIpc) is 2.86. The lowest BCUT2D eigenvalue weighted by atomic mass is 9.96. The molecule has 1 aromatic rings. The molecule has 3 nitrogen and oxygen atoms in total. The molecule has 19 heavy (non-hydrogen) atoms.